The fraction of sp³-hybridized carbons (Fsp3) is 0.345. The van der Waals surface area contributed by atoms with Gasteiger partial charge in [0.15, 0.2) is 0 Å². The Morgan fingerprint density at radius 2 is 1.84 bits per heavy atom. The zero-order chi connectivity index (χ0) is 27.1. The second-order valence-corrected chi connectivity index (χ2v) is 9.51. The molecule has 2 aromatic rings. The van der Waals surface area contributed by atoms with Gasteiger partial charge in [-0.3, -0.25) is 9.53 Å². The molecule has 0 radical (unpaired) electrons. The van der Waals surface area contributed by atoms with Crippen LogP contribution in [0.1, 0.15) is 48.9 Å². The van der Waals surface area contributed by atoms with Crippen molar-refractivity contribution in [1.82, 2.24) is 5.32 Å². The summed E-state index contributed by atoms with van der Waals surface area (Å²) in [5.41, 5.74) is 4.89. The van der Waals surface area contributed by atoms with Crippen LogP contribution < -0.4 is 10.1 Å². The maximum absolute atomic E-state index is 12.2. The number of halogens is 3. The van der Waals surface area contributed by atoms with E-state index in [4.69, 9.17) is 4.74 Å². The van der Waals surface area contributed by atoms with Crippen LogP contribution in [0, 0.1) is 0 Å². The molecular formula is C29H32F3NO4. The average molecular weight is 516 g/mol. The molecule has 37 heavy (non-hydrogen) atoms. The Morgan fingerprint density at radius 3 is 2.54 bits per heavy atom. The number of carboxylic acids is 1. The topological polar surface area (TPSA) is 67.8 Å². The lowest BCUT2D eigenvalue weighted by Gasteiger charge is -2.26. The molecule has 0 fully saturated rings. The van der Waals surface area contributed by atoms with E-state index in [9.17, 15) is 23.1 Å². The molecule has 2 aromatic carbocycles. The minimum atomic E-state index is -4.62. The van der Waals surface area contributed by atoms with E-state index in [0.717, 1.165) is 33.5 Å². The van der Waals surface area contributed by atoms with Gasteiger partial charge >= 0.3 is 12.3 Å². The molecule has 1 aliphatic rings. The van der Waals surface area contributed by atoms with Crippen molar-refractivity contribution in [2.75, 3.05) is 13.7 Å². The number of aliphatic carboxylic acids is 1. The molecule has 8 heteroatoms. The first-order valence-electron chi connectivity index (χ1n) is 12.0. The smallest absolute Gasteiger partial charge is 0.496 e. The number of carbonyl (C=O) groups is 1. The Bertz CT molecular complexity index is 1200. The summed E-state index contributed by atoms with van der Waals surface area (Å²) in [6.45, 7) is 3.90. The van der Waals surface area contributed by atoms with Gasteiger partial charge in [-0.05, 0) is 46.9 Å². The average Bonchev–Trinajstić information content (AvgIpc) is 3.07. The number of ether oxygens (including phenoxy) is 2. The molecular weight excluding hydrogens is 483 g/mol. The van der Waals surface area contributed by atoms with E-state index >= 15 is 0 Å². The fourth-order valence-corrected chi connectivity index (χ4v) is 4.24. The number of alkyl halides is 3. The second-order valence-electron chi connectivity index (χ2n) is 9.51. The Hall–Kier alpha value is -3.52. The summed E-state index contributed by atoms with van der Waals surface area (Å²) in [6.07, 6.45) is 4.32. The van der Waals surface area contributed by atoms with Crippen LogP contribution in [0.4, 0.5) is 13.2 Å². The molecule has 0 bridgehead atoms. The zero-order valence-electron chi connectivity index (χ0n) is 21.2. The first kappa shape index (κ1) is 28.1. The van der Waals surface area contributed by atoms with Crippen molar-refractivity contribution in [2.24, 2.45) is 0 Å². The van der Waals surface area contributed by atoms with E-state index < -0.39 is 24.4 Å². The van der Waals surface area contributed by atoms with E-state index in [0.29, 0.717) is 18.7 Å². The molecule has 0 unspecified atom stereocenters. The predicted molar refractivity (Wildman–Crippen MR) is 137 cm³/mol. The van der Waals surface area contributed by atoms with Gasteiger partial charge in [0.05, 0.1) is 20.1 Å². The van der Waals surface area contributed by atoms with E-state index in [1.54, 1.807) is 13.2 Å². The van der Waals surface area contributed by atoms with Crippen LogP contribution in [0.2, 0.25) is 0 Å². The molecule has 0 spiro atoms. The van der Waals surface area contributed by atoms with Gasteiger partial charge in [-0.1, -0.05) is 62.4 Å². The lowest BCUT2D eigenvalue weighted by molar-refractivity contribution is -0.324. The highest BCUT2D eigenvalue weighted by Gasteiger charge is 2.29. The Morgan fingerprint density at radius 1 is 1.08 bits per heavy atom. The van der Waals surface area contributed by atoms with Crippen LogP contribution in [0.5, 0.6) is 5.75 Å². The van der Waals surface area contributed by atoms with Gasteiger partial charge in [0.2, 0.25) is 0 Å². The van der Waals surface area contributed by atoms with Gasteiger partial charge in [-0.2, -0.15) is 0 Å². The summed E-state index contributed by atoms with van der Waals surface area (Å²) < 4.78 is 46.0. The monoisotopic (exact) mass is 515 g/mol. The Balaban J connectivity index is 1.71. The van der Waals surface area contributed by atoms with Gasteiger partial charge in [-0.25, -0.2) is 0 Å². The number of nitrogens with one attached hydrogen (secondary N) is 1. The Labute approximate surface area is 215 Å². The molecule has 0 saturated heterocycles. The van der Waals surface area contributed by atoms with Crippen molar-refractivity contribution >= 4 is 11.5 Å². The molecule has 0 heterocycles. The zero-order valence-corrected chi connectivity index (χ0v) is 21.2. The standard InChI is InChI=1S/C29H32F3NO4/c1-28(2,18-27(34)35)25-17-23(11-13-26(25)36-3)22-8-5-9-24(12-10-22)33-19-21-7-4-6-20(16-21)14-15-37-29(30,31)32/h4-8,10-13,16-17,33H,9,14-15,18-19H2,1-3H3,(H,34,35). The summed E-state index contributed by atoms with van der Waals surface area (Å²) in [7, 11) is 1.58. The van der Waals surface area contributed by atoms with E-state index in [1.165, 1.54) is 0 Å². The van der Waals surface area contributed by atoms with E-state index in [-0.39, 0.29) is 12.8 Å². The predicted octanol–water partition coefficient (Wildman–Crippen LogP) is 6.54. The van der Waals surface area contributed by atoms with Gasteiger partial charge < -0.3 is 15.2 Å². The van der Waals surface area contributed by atoms with Gasteiger partial charge in [0.1, 0.15) is 5.75 Å². The van der Waals surface area contributed by atoms with Crippen molar-refractivity contribution in [3.63, 3.8) is 0 Å². The highest BCUT2D eigenvalue weighted by atomic mass is 19.4. The summed E-state index contributed by atoms with van der Waals surface area (Å²) in [6, 6.07) is 13.2. The lowest BCUT2D eigenvalue weighted by Crippen LogP contribution is -2.22. The fourth-order valence-electron chi connectivity index (χ4n) is 4.24. The highest BCUT2D eigenvalue weighted by molar-refractivity contribution is 5.77. The van der Waals surface area contributed by atoms with Crippen LogP contribution in [0.3, 0.4) is 0 Å². The number of hydrogen-bond donors (Lipinski definition) is 2. The van der Waals surface area contributed by atoms with Gasteiger partial charge in [0, 0.05) is 29.6 Å². The SMILES string of the molecule is COc1ccc(C2=CC=C(NCc3cccc(CCOC(F)(F)F)c3)CC=C2)cc1C(C)(C)CC(=O)O. The van der Waals surface area contributed by atoms with E-state index in [1.807, 2.05) is 68.5 Å². The third-order valence-corrected chi connectivity index (χ3v) is 6.12. The summed E-state index contributed by atoms with van der Waals surface area (Å²) in [5.74, 6) is -0.219. The molecule has 0 aromatic heterocycles. The number of methoxy groups -OCH3 is 1. The largest absolute Gasteiger partial charge is 0.522 e. The summed E-state index contributed by atoms with van der Waals surface area (Å²) in [5, 5.41) is 12.8. The molecule has 0 amide bonds. The van der Waals surface area contributed by atoms with Crippen molar-refractivity contribution in [3.05, 3.63) is 94.7 Å². The van der Waals surface area contributed by atoms with Crippen LogP contribution in [0.15, 0.2) is 72.5 Å². The molecule has 0 saturated carbocycles. The van der Waals surface area contributed by atoms with Crippen LogP contribution in [-0.2, 0) is 27.9 Å². The summed E-state index contributed by atoms with van der Waals surface area (Å²) >= 11 is 0. The second kappa shape index (κ2) is 12.1. The molecule has 0 aliphatic heterocycles. The van der Waals surface area contributed by atoms with Crippen LogP contribution in [-0.4, -0.2) is 31.2 Å². The minimum absolute atomic E-state index is 0.0216. The summed E-state index contributed by atoms with van der Waals surface area (Å²) in [4.78, 5) is 11.4. The highest BCUT2D eigenvalue weighted by Crippen LogP contribution is 2.37. The first-order chi connectivity index (χ1) is 17.5. The molecule has 5 nitrogen and oxygen atoms in total. The molecule has 0 atom stereocenters. The molecule has 2 N–H and O–H groups in total. The number of hydrogen-bond acceptors (Lipinski definition) is 4. The van der Waals surface area contributed by atoms with Crippen molar-refractivity contribution in [2.45, 2.75) is 51.4 Å². The third-order valence-electron chi connectivity index (χ3n) is 6.12. The quantitative estimate of drug-likeness (QED) is 0.356. The van der Waals surface area contributed by atoms with Gasteiger partial charge in [-0.15, -0.1) is 13.2 Å². The molecule has 1 aliphatic carbocycles. The maximum atomic E-state index is 12.2. The number of benzene rings is 2. The van der Waals surface area contributed by atoms with Crippen molar-refractivity contribution in [3.8, 4) is 5.75 Å². The molecule has 198 valence electrons. The number of rotatable bonds is 11. The van der Waals surface area contributed by atoms with Crippen molar-refractivity contribution in [1.29, 1.82) is 0 Å². The minimum Gasteiger partial charge on any atom is -0.496 e. The third kappa shape index (κ3) is 8.53. The normalized spacial score (nSPS) is 14.0. The number of carboxylic acid groups (broad SMARTS) is 1. The molecule has 3 rings (SSSR count). The lowest BCUT2D eigenvalue weighted by atomic mass is 9.80. The van der Waals surface area contributed by atoms with Gasteiger partial charge in [0.25, 0.3) is 0 Å². The first-order valence-corrected chi connectivity index (χ1v) is 12.0. The Kier molecular flexibility index (Phi) is 9.21. The maximum Gasteiger partial charge on any atom is 0.522 e. The van der Waals surface area contributed by atoms with E-state index in [2.05, 4.69) is 16.1 Å². The van der Waals surface area contributed by atoms with Crippen LogP contribution >= 0.6 is 0 Å². The van der Waals surface area contributed by atoms with Crippen molar-refractivity contribution < 1.29 is 32.5 Å². The number of allylic oxidation sites excluding steroid dienone is 5. The van der Waals surface area contributed by atoms with Crippen LogP contribution in [0.25, 0.3) is 5.57 Å².